The topological polar surface area (TPSA) is 70.2 Å². The highest BCUT2D eigenvalue weighted by Crippen LogP contribution is 2.31. The van der Waals surface area contributed by atoms with Crippen LogP contribution in [-0.4, -0.2) is 84.9 Å². The Morgan fingerprint density at radius 1 is 0.680 bits per heavy atom. The minimum atomic E-state index is 0.0395. The molecule has 3 fully saturated rings. The Morgan fingerprint density at radius 3 is 1.52 bits per heavy atom. The van der Waals surface area contributed by atoms with Crippen LogP contribution in [0.3, 0.4) is 0 Å². The molecule has 2 heterocycles. The van der Waals surface area contributed by atoms with Crippen LogP contribution in [0.5, 0.6) is 0 Å². The lowest BCUT2D eigenvalue weighted by Gasteiger charge is -2.38. The summed E-state index contributed by atoms with van der Waals surface area (Å²) in [5.41, 5.74) is 0. The Hall–Kier alpha value is -1.63. The van der Waals surface area contributed by atoms with E-state index in [2.05, 4.69) is 0 Å². The van der Waals surface area contributed by atoms with E-state index < -0.39 is 0 Å². The van der Waals surface area contributed by atoms with E-state index in [1.165, 1.54) is 0 Å². The molecule has 3 rings (SSSR count). The molecule has 0 N–H and O–H groups in total. The van der Waals surface area contributed by atoms with Crippen molar-refractivity contribution in [2.45, 2.75) is 32.6 Å². The molecule has 3 amide bonds. The van der Waals surface area contributed by atoms with Gasteiger partial charge in [0, 0.05) is 58.0 Å². The molecule has 25 heavy (non-hydrogen) atoms. The van der Waals surface area contributed by atoms with Gasteiger partial charge >= 0.3 is 0 Å². The first-order chi connectivity index (χ1) is 12.1. The molecule has 2 saturated heterocycles. The largest absolute Gasteiger partial charge is 0.378 e. The molecule has 0 radical (unpaired) electrons. The fraction of sp³-hybridized carbons (Fsp3) is 0.833. The van der Waals surface area contributed by atoms with Gasteiger partial charge in [-0.1, -0.05) is 0 Å². The Morgan fingerprint density at radius 2 is 1.08 bits per heavy atom. The SMILES string of the molecule is CC(=O)N1CCN(C(=O)C2CCC(C(=O)N3CCOCC3)CC2)CC1. The third-order valence-corrected chi connectivity index (χ3v) is 5.79. The number of ether oxygens (including phenoxy) is 1. The average molecular weight is 351 g/mol. The Balaban J connectivity index is 1.45. The van der Waals surface area contributed by atoms with Crippen molar-refractivity contribution < 1.29 is 19.1 Å². The number of carbonyl (C=O) groups is 3. The zero-order chi connectivity index (χ0) is 17.8. The number of carbonyl (C=O) groups excluding carboxylic acids is 3. The third-order valence-electron chi connectivity index (χ3n) is 5.79. The van der Waals surface area contributed by atoms with Crippen LogP contribution in [0.1, 0.15) is 32.6 Å². The molecule has 0 aromatic heterocycles. The van der Waals surface area contributed by atoms with Crippen molar-refractivity contribution in [2.75, 3.05) is 52.5 Å². The first kappa shape index (κ1) is 18.2. The van der Waals surface area contributed by atoms with E-state index in [9.17, 15) is 14.4 Å². The quantitative estimate of drug-likeness (QED) is 0.719. The summed E-state index contributed by atoms with van der Waals surface area (Å²) in [4.78, 5) is 42.3. The fourth-order valence-corrected chi connectivity index (χ4v) is 4.13. The number of piperazine rings is 1. The van der Waals surface area contributed by atoms with Gasteiger partial charge in [-0.15, -0.1) is 0 Å². The van der Waals surface area contributed by atoms with Crippen LogP contribution in [0.4, 0.5) is 0 Å². The zero-order valence-electron chi connectivity index (χ0n) is 15.1. The number of morpholine rings is 1. The fourth-order valence-electron chi connectivity index (χ4n) is 4.13. The van der Waals surface area contributed by atoms with E-state index in [-0.39, 0.29) is 29.6 Å². The zero-order valence-corrected chi connectivity index (χ0v) is 15.1. The van der Waals surface area contributed by atoms with Crippen molar-refractivity contribution >= 4 is 17.7 Å². The maximum Gasteiger partial charge on any atom is 0.225 e. The molecule has 0 atom stereocenters. The first-order valence-electron chi connectivity index (χ1n) is 9.47. The van der Waals surface area contributed by atoms with Gasteiger partial charge in [0.2, 0.25) is 17.7 Å². The molecule has 7 heteroatoms. The lowest BCUT2D eigenvalue weighted by Crippen LogP contribution is -2.52. The molecule has 0 aromatic carbocycles. The highest BCUT2D eigenvalue weighted by Gasteiger charge is 2.35. The van der Waals surface area contributed by atoms with Crippen molar-refractivity contribution in [3.63, 3.8) is 0 Å². The van der Waals surface area contributed by atoms with E-state index in [0.29, 0.717) is 52.5 Å². The van der Waals surface area contributed by atoms with Gasteiger partial charge in [-0.05, 0) is 25.7 Å². The van der Waals surface area contributed by atoms with Crippen molar-refractivity contribution in [1.82, 2.24) is 14.7 Å². The van der Waals surface area contributed by atoms with Gasteiger partial charge in [0.25, 0.3) is 0 Å². The molecular weight excluding hydrogens is 322 g/mol. The number of nitrogens with zero attached hydrogens (tertiary/aromatic N) is 3. The maximum absolute atomic E-state index is 12.7. The molecule has 0 spiro atoms. The summed E-state index contributed by atoms with van der Waals surface area (Å²) in [5, 5.41) is 0. The Labute approximate surface area is 149 Å². The summed E-state index contributed by atoms with van der Waals surface area (Å²) in [6, 6.07) is 0. The van der Waals surface area contributed by atoms with Crippen molar-refractivity contribution in [2.24, 2.45) is 11.8 Å². The second-order valence-electron chi connectivity index (χ2n) is 7.32. The van der Waals surface area contributed by atoms with E-state index in [1.807, 2.05) is 9.80 Å². The molecule has 7 nitrogen and oxygen atoms in total. The minimum Gasteiger partial charge on any atom is -0.378 e. The molecule has 2 aliphatic heterocycles. The normalized spacial score (nSPS) is 28.0. The second kappa shape index (κ2) is 8.17. The molecule has 3 aliphatic rings. The minimum absolute atomic E-state index is 0.0395. The van der Waals surface area contributed by atoms with Crippen LogP contribution >= 0.6 is 0 Å². The summed E-state index contributed by atoms with van der Waals surface area (Å²) < 4.78 is 5.31. The third kappa shape index (κ3) is 4.32. The van der Waals surface area contributed by atoms with Crippen LogP contribution < -0.4 is 0 Å². The first-order valence-corrected chi connectivity index (χ1v) is 9.47. The molecule has 0 unspecified atom stereocenters. The smallest absolute Gasteiger partial charge is 0.225 e. The van der Waals surface area contributed by atoms with Crippen LogP contribution in [-0.2, 0) is 19.1 Å². The predicted molar refractivity (Wildman–Crippen MR) is 91.7 cm³/mol. The van der Waals surface area contributed by atoms with Crippen molar-refractivity contribution in [1.29, 1.82) is 0 Å². The molecular formula is C18H29N3O4. The predicted octanol–water partition coefficient (Wildman–Crippen LogP) is 0.342. The highest BCUT2D eigenvalue weighted by molar-refractivity contribution is 5.81. The number of rotatable bonds is 2. The Kier molecular flexibility index (Phi) is 5.93. The van der Waals surface area contributed by atoms with Gasteiger partial charge in [-0.2, -0.15) is 0 Å². The summed E-state index contributed by atoms with van der Waals surface area (Å²) in [5.74, 6) is 0.633. The van der Waals surface area contributed by atoms with Crippen LogP contribution in [0.25, 0.3) is 0 Å². The summed E-state index contributed by atoms with van der Waals surface area (Å²) in [6.45, 7) is 6.74. The van der Waals surface area contributed by atoms with E-state index >= 15 is 0 Å². The van der Waals surface area contributed by atoms with Gasteiger partial charge < -0.3 is 19.4 Å². The van der Waals surface area contributed by atoms with E-state index in [1.54, 1.807) is 11.8 Å². The molecule has 140 valence electrons. The molecule has 1 saturated carbocycles. The van der Waals surface area contributed by atoms with E-state index in [4.69, 9.17) is 4.74 Å². The van der Waals surface area contributed by atoms with Crippen LogP contribution in [0.15, 0.2) is 0 Å². The summed E-state index contributed by atoms with van der Waals surface area (Å²) in [6.07, 6.45) is 3.21. The summed E-state index contributed by atoms with van der Waals surface area (Å²) >= 11 is 0. The van der Waals surface area contributed by atoms with Gasteiger partial charge in [0.05, 0.1) is 13.2 Å². The molecule has 0 bridgehead atoms. The lowest BCUT2D eigenvalue weighted by molar-refractivity contribution is -0.145. The average Bonchev–Trinajstić information content (AvgIpc) is 2.67. The summed E-state index contributed by atoms with van der Waals surface area (Å²) in [7, 11) is 0. The number of hydrogen-bond acceptors (Lipinski definition) is 4. The molecule has 1 aliphatic carbocycles. The maximum atomic E-state index is 12.7. The van der Waals surface area contributed by atoms with Crippen LogP contribution in [0, 0.1) is 11.8 Å². The van der Waals surface area contributed by atoms with Crippen molar-refractivity contribution in [3.8, 4) is 0 Å². The van der Waals surface area contributed by atoms with Gasteiger partial charge in [-0.3, -0.25) is 14.4 Å². The monoisotopic (exact) mass is 351 g/mol. The van der Waals surface area contributed by atoms with Crippen LogP contribution in [0.2, 0.25) is 0 Å². The number of amides is 3. The second-order valence-corrected chi connectivity index (χ2v) is 7.32. The number of hydrogen-bond donors (Lipinski definition) is 0. The standard InChI is InChI=1S/C18H29N3O4/c1-14(22)19-6-8-20(9-7-19)17(23)15-2-4-16(5-3-15)18(24)21-10-12-25-13-11-21/h15-16H,2-13H2,1H3. The highest BCUT2D eigenvalue weighted by atomic mass is 16.5. The van der Waals surface area contributed by atoms with Gasteiger partial charge in [-0.25, -0.2) is 0 Å². The van der Waals surface area contributed by atoms with Gasteiger partial charge in [0.1, 0.15) is 0 Å². The van der Waals surface area contributed by atoms with E-state index in [0.717, 1.165) is 25.7 Å². The van der Waals surface area contributed by atoms with Crippen molar-refractivity contribution in [3.05, 3.63) is 0 Å². The molecule has 0 aromatic rings. The lowest BCUT2D eigenvalue weighted by atomic mass is 9.80. The van der Waals surface area contributed by atoms with Gasteiger partial charge in [0.15, 0.2) is 0 Å². The Bertz CT molecular complexity index is 502.